The highest BCUT2D eigenvalue weighted by Gasteiger charge is 2.38. The summed E-state index contributed by atoms with van der Waals surface area (Å²) in [5.74, 6) is 4.01. The van der Waals surface area contributed by atoms with Gasteiger partial charge in [-0.05, 0) is 37.1 Å². The van der Waals surface area contributed by atoms with Gasteiger partial charge in [-0.2, -0.15) is 13.2 Å². The second-order valence-electron chi connectivity index (χ2n) is 4.56. The average Bonchev–Trinajstić information content (AvgIpc) is 2.54. The number of pyridine rings is 2. The van der Waals surface area contributed by atoms with Gasteiger partial charge in [0.2, 0.25) is 0 Å². The van der Waals surface area contributed by atoms with Crippen molar-refractivity contribution in [3.8, 4) is 11.8 Å². The highest BCUT2D eigenvalue weighted by Crippen LogP contribution is 2.19. The van der Waals surface area contributed by atoms with Gasteiger partial charge in [-0.25, -0.2) is 9.97 Å². The molecule has 0 bridgehead atoms. The van der Waals surface area contributed by atoms with Gasteiger partial charge in [0.1, 0.15) is 11.5 Å². The lowest BCUT2D eigenvalue weighted by Crippen LogP contribution is -2.30. The quantitative estimate of drug-likeness (QED) is 0.847. The van der Waals surface area contributed by atoms with Gasteiger partial charge in [0, 0.05) is 24.5 Å². The van der Waals surface area contributed by atoms with Crippen molar-refractivity contribution < 1.29 is 18.0 Å². The first-order valence-corrected chi connectivity index (χ1v) is 6.95. The van der Waals surface area contributed by atoms with Gasteiger partial charge in [0.05, 0.1) is 5.69 Å². The summed E-state index contributed by atoms with van der Waals surface area (Å²) in [4.78, 5) is 19.0. The van der Waals surface area contributed by atoms with Crippen molar-refractivity contribution in [3.63, 3.8) is 0 Å². The van der Waals surface area contributed by atoms with Crippen molar-refractivity contribution in [2.75, 3.05) is 17.2 Å². The van der Waals surface area contributed by atoms with Crippen LogP contribution in [0.2, 0.25) is 0 Å². The van der Waals surface area contributed by atoms with Gasteiger partial charge in [0.25, 0.3) is 0 Å². The molecule has 0 radical (unpaired) electrons. The molecule has 0 atom stereocenters. The Hall–Kier alpha value is -3.08. The minimum atomic E-state index is -4.98. The molecule has 2 aromatic rings. The lowest BCUT2D eigenvalue weighted by Gasteiger charge is -2.08. The summed E-state index contributed by atoms with van der Waals surface area (Å²) in [6.07, 6.45) is -2.04. The summed E-state index contributed by atoms with van der Waals surface area (Å²) in [6, 6.07) is 6.07. The maximum atomic E-state index is 12.4. The van der Waals surface area contributed by atoms with Crippen LogP contribution in [0, 0.1) is 11.8 Å². The molecule has 0 saturated carbocycles. The zero-order valence-electron chi connectivity index (χ0n) is 12.6. The number of hydrogen-bond acceptors (Lipinski definition) is 4. The van der Waals surface area contributed by atoms with Crippen LogP contribution in [-0.2, 0) is 4.79 Å². The van der Waals surface area contributed by atoms with E-state index >= 15 is 0 Å². The summed E-state index contributed by atoms with van der Waals surface area (Å²) in [5.41, 5.74) is 0.546. The Balaban J connectivity index is 2.25. The molecule has 0 aromatic carbocycles. The lowest BCUT2D eigenvalue weighted by molar-refractivity contribution is -0.167. The van der Waals surface area contributed by atoms with Crippen LogP contribution < -0.4 is 10.6 Å². The van der Waals surface area contributed by atoms with E-state index in [1.807, 2.05) is 6.92 Å². The highest BCUT2D eigenvalue weighted by molar-refractivity contribution is 5.95. The van der Waals surface area contributed by atoms with Gasteiger partial charge in [-0.3, -0.25) is 4.79 Å². The van der Waals surface area contributed by atoms with Crippen LogP contribution in [0.4, 0.5) is 24.7 Å². The smallest absolute Gasteiger partial charge is 0.370 e. The normalized spacial score (nSPS) is 10.5. The molecule has 1 amide bonds. The first-order chi connectivity index (χ1) is 11.4. The van der Waals surface area contributed by atoms with Crippen LogP contribution in [0.1, 0.15) is 18.2 Å². The number of nitrogens with zero attached hydrogens (tertiary/aromatic N) is 2. The first-order valence-electron chi connectivity index (χ1n) is 6.95. The summed E-state index contributed by atoms with van der Waals surface area (Å²) in [6.45, 7) is 2.61. The second-order valence-corrected chi connectivity index (χ2v) is 4.56. The molecular weight excluding hydrogens is 321 g/mol. The molecule has 0 aliphatic heterocycles. The molecule has 2 N–H and O–H groups in total. The van der Waals surface area contributed by atoms with Gasteiger partial charge in [-0.1, -0.05) is 5.92 Å². The largest absolute Gasteiger partial charge is 0.471 e. The SMILES string of the molecule is CCNc1cc(C#Cc2ncccc2NC(=O)C(F)(F)F)ccn1. The van der Waals surface area contributed by atoms with Crippen molar-refractivity contribution in [2.24, 2.45) is 0 Å². The number of carbonyl (C=O) groups is 1. The number of carbonyl (C=O) groups excluding carboxylic acids is 1. The Bertz CT molecular complexity index is 794. The molecule has 8 heteroatoms. The topological polar surface area (TPSA) is 66.9 Å². The predicted octanol–water partition coefficient (Wildman–Crippen LogP) is 2.81. The second kappa shape index (κ2) is 7.46. The number of anilines is 2. The Labute approximate surface area is 136 Å². The van der Waals surface area contributed by atoms with Crippen LogP contribution in [0.5, 0.6) is 0 Å². The van der Waals surface area contributed by atoms with E-state index in [4.69, 9.17) is 0 Å². The zero-order chi connectivity index (χ0) is 17.6. The maximum Gasteiger partial charge on any atom is 0.471 e. The Morgan fingerprint density at radius 3 is 2.71 bits per heavy atom. The summed E-state index contributed by atoms with van der Waals surface area (Å²) < 4.78 is 37.1. The highest BCUT2D eigenvalue weighted by atomic mass is 19.4. The standard InChI is InChI=1S/C16H13F3N4O/c1-2-20-14-10-11(7-9-22-14)5-6-12-13(4-3-8-21-12)23-15(24)16(17,18)19/h3-4,7-10H,2H2,1H3,(H,20,22)(H,23,24). The number of rotatable bonds is 3. The van der Waals surface area contributed by atoms with Crippen molar-refractivity contribution in [1.29, 1.82) is 0 Å². The molecule has 24 heavy (non-hydrogen) atoms. The number of alkyl halides is 3. The van der Waals surface area contributed by atoms with E-state index < -0.39 is 12.1 Å². The number of halogens is 3. The molecule has 124 valence electrons. The van der Waals surface area contributed by atoms with Crippen LogP contribution in [0.15, 0.2) is 36.7 Å². The minimum Gasteiger partial charge on any atom is -0.370 e. The number of amides is 1. The molecule has 0 fully saturated rings. The van der Waals surface area contributed by atoms with Crippen LogP contribution in [0.3, 0.4) is 0 Å². The molecule has 0 saturated heterocycles. The third-order valence-electron chi connectivity index (χ3n) is 2.76. The van der Waals surface area contributed by atoms with E-state index in [0.717, 1.165) is 0 Å². The molecule has 0 spiro atoms. The van der Waals surface area contributed by atoms with E-state index in [1.165, 1.54) is 18.3 Å². The molecule has 0 unspecified atom stereocenters. The minimum absolute atomic E-state index is 0.0388. The van der Waals surface area contributed by atoms with Gasteiger partial charge < -0.3 is 10.6 Å². The molecule has 0 aliphatic carbocycles. The van der Waals surface area contributed by atoms with Crippen molar-refractivity contribution in [1.82, 2.24) is 9.97 Å². The van der Waals surface area contributed by atoms with Crippen LogP contribution in [-0.4, -0.2) is 28.6 Å². The maximum absolute atomic E-state index is 12.4. The molecule has 0 aliphatic rings. The zero-order valence-corrected chi connectivity index (χ0v) is 12.6. The first kappa shape index (κ1) is 17.3. The predicted molar refractivity (Wildman–Crippen MR) is 83.3 cm³/mol. The number of aromatic nitrogens is 2. The fourth-order valence-electron chi connectivity index (χ4n) is 1.72. The van der Waals surface area contributed by atoms with Crippen molar-refractivity contribution >= 4 is 17.4 Å². The molecule has 2 aromatic heterocycles. The van der Waals surface area contributed by atoms with Crippen LogP contribution >= 0.6 is 0 Å². The Morgan fingerprint density at radius 1 is 1.21 bits per heavy atom. The summed E-state index contributed by atoms with van der Waals surface area (Å²) in [5, 5.41) is 4.79. The monoisotopic (exact) mass is 334 g/mol. The number of hydrogen-bond donors (Lipinski definition) is 2. The van der Waals surface area contributed by atoms with Gasteiger partial charge >= 0.3 is 12.1 Å². The van der Waals surface area contributed by atoms with E-state index in [1.54, 1.807) is 23.6 Å². The number of nitrogens with one attached hydrogen (secondary N) is 2. The third kappa shape index (κ3) is 4.71. The van der Waals surface area contributed by atoms with E-state index in [-0.39, 0.29) is 11.4 Å². The Morgan fingerprint density at radius 2 is 2.00 bits per heavy atom. The van der Waals surface area contributed by atoms with E-state index in [2.05, 4.69) is 27.1 Å². The average molecular weight is 334 g/mol. The van der Waals surface area contributed by atoms with Crippen molar-refractivity contribution in [2.45, 2.75) is 13.1 Å². The fraction of sp³-hybridized carbons (Fsp3) is 0.188. The molecular formula is C16H13F3N4O. The lowest BCUT2D eigenvalue weighted by atomic mass is 10.2. The fourth-order valence-corrected chi connectivity index (χ4v) is 1.72. The summed E-state index contributed by atoms with van der Waals surface area (Å²) in [7, 11) is 0. The third-order valence-corrected chi connectivity index (χ3v) is 2.76. The van der Waals surface area contributed by atoms with Crippen LogP contribution in [0.25, 0.3) is 0 Å². The van der Waals surface area contributed by atoms with Gasteiger partial charge in [-0.15, -0.1) is 0 Å². The van der Waals surface area contributed by atoms with E-state index in [9.17, 15) is 18.0 Å². The van der Waals surface area contributed by atoms with Gasteiger partial charge in [0.15, 0.2) is 0 Å². The van der Waals surface area contributed by atoms with Crippen molar-refractivity contribution in [3.05, 3.63) is 47.9 Å². The Kier molecular flexibility index (Phi) is 5.37. The molecule has 2 rings (SSSR count). The molecule has 2 heterocycles. The summed E-state index contributed by atoms with van der Waals surface area (Å²) >= 11 is 0. The van der Waals surface area contributed by atoms with E-state index in [0.29, 0.717) is 17.9 Å². The molecule has 5 nitrogen and oxygen atoms in total.